The number of rotatable bonds is 4. The van der Waals surface area contributed by atoms with Gasteiger partial charge in [-0.1, -0.05) is 11.6 Å². The van der Waals surface area contributed by atoms with Crippen LogP contribution in [0.25, 0.3) is 11.3 Å². The standard InChI is InChI=1S/C13H9ClN8/c14-10-2-3-12(22-5-1-4-17-22)11(6-10)16-8-9(7-15)13-18-20-21-19-13/h1-6,8,16H,(H,18,19,20,21). The lowest BCUT2D eigenvalue weighted by atomic mass is 10.2. The average molecular weight is 313 g/mol. The van der Waals surface area contributed by atoms with Crippen molar-refractivity contribution in [1.29, 1.82) is 5.26 Å². The predicted molar refractivity (Wildman–Crippen MR) is 80.0 cm³/mol. The number of allylic oxidation sites excluding steroid dienone is 1. The molecule has 0 aliphatic rings. The first-order chi connectivity index (χ1) is 10.8. The summed E-state index contributed by atoms with van der Waals surface area (Å²) < 4.78 is 1.69. The van der Waals surface area contributed by atoms with Crippen LogP contribution in [0.1, 0.15) is 5.82 Å². The molecule has 0 saturated carbocycles. The normalized spacial score (nSPS) is 11.2. The van der Waals surface area contributed by atoms with Crippen LogP contribution in [-0.2, 0) is 0 Å². The molecule has 1 aromatic carbocycles. The molecule has 0 aliphatic carbocycles. The minimum atomic E-state index is 0.206. The van der Waals surface area contributed by atoms with Crippen LogP contribution in [0.5, 0.6) is 0 Å². The highest BCUT2D eigenvalue weighted by Crippen LogP contribution is 2.24. The van der Waals surface area contributed by atoms with Gasteiger partial charge in [-0.05, 0) is 29.5 Å². The molecule has 3 aromatic rings. The fourth-order valence-corrected chi connectivity index (χ4v) is 1.98. The van der Waals surface area contributed by atoms with Gasteiger partial charge in [-0.25, -0.2) is 4.68 Å². The quantitative estimate of drug-likeness (QED) is 0.713. The Hall–Kier alpha value is -3.18. The molecule has 0 aliphatic heterocycles. The maximum Gasteiger partial charge on any atom is 0.216 e. The zero-order valence-electron chi connectivity index (χ0n) is 11.1. The second kappa shape index (κ2) is 6.07. The second-order valence-corrected chi connectivity index (χ2v) is 4.60. The number of hydrogen-bond donors (Lipinski definition) is 2. The molecular weight excluding hydrogens is 304 g/mol. The number of nitrogens with one attached hydrogen (secondary N) is 2. The molecule has 2 heterocycles. The van der Waals surface area contributed by atoms with Gasteiger partial charge >= 0.3 is 0 Å². The molecule has 8 nitrogen and oxygen atoms in total. The van der Waals surface area contributed by atoms with E-state index in [4.69, 9.17) is 16.9 Å². The van der Waals surface area contributed by atoms with Crippen LogP contribution < -0.4 is 5.32 Å². The van der Waals surface area contributed by atoms with Crippen molar-refractivity contribution in [2.45, 2.75) is 0 Å². The molecule has 0 unspecified atom stereocenters. The van der Waals surface area contributed by atoms with E-state index in [1.165, 1.54) is 6.20 Å². The van der Waals surface area contributed by atoms with Gasteiger partial charge in [0.2, 0.25) is 5.82 Å². The highest BCUT2D eigenvalue weighted by atomic mass is 35.5. The summed E-state index contributed by atoms with van der Waals surface area (Å²) in [6, 6.07) is 9.14. The molecule has 0 amide bonds. The molecule has 0 bridgehead atoms. The summed E-state index contributed by atoms with van der Waals surface area (Å²) in [5.41, 5.74) is 1.71. The molecule has 2 aromatic heterocycles. The number of H-pyrrole nitrogens is 1. The summed E-state index contributed by atoms with van der Waals surface area (Å²) in [5, 5.41) is 30.2. The topological polar surface area (TPSA) is 108 Å². The van der Waals surface area contributed by atoms with Crippen LogP contribution in [0, 0.1) is 11.3 Å². The number of nitrogens with zero attached hydrogens (tertiary/aromatic N) is 6. The van der Waals surface area contributed by atoms with Crippen LogP contribution in [0.15, 0.2) is 42.9 Å². The van der Waals surface area contributed by atoms with E-state index in [1.54, 1.807) is 23.0 Å². The lowest BCUT2D eigenvalue weighted by molar-refractivity contribution is 0.881. The second-order valence-electron chi connectivity index (χ2n) is 4.16. The Labute approximate surface area is 130 Å². The number of tetrazole rings is 1. The van der Waals surface area contributed by atoms with E-state index >= 15 is 0 Å². The first-order valence-corrected chi connectivity index (χ1v) is 6.56. The van der Waals surface area contributed by atoms with Gasteiger partial charge in [-0.15, -0.1) is 10.2 Å². The SMILES string of the molecule is N#CC(=CNc1cc(Cl)ccc1-n1cccn1)c1nn[nH]n1. The highest BCUT2D eigenvalue weighted by Gasteiger charge is 2.08. The van der Waals surface area contributed by atoms with Crippen molar-refractivity contribution in [3.63, 3.8) is 0 Å². The van der Waals surface area contributed by atoms with Crippen LogP contribution >= 0.6 is 11.6 Å². The lowest BCUT2D eigenvalue weighted by Gasteiger charge is -2.10. The van der Waals surface area contributed by atoms with Crippen molar-refractivity contribution in [2.24, 2.45) is 0 Å². The van der Waals surface area contributed by atoms with Gasteiger partial charge in [0.05, 0.1) is 11.4 Å². The average Bonchev–Trinajstić information content (AvgIpc) is 3.21. The smallest absolute Gasteiger partial charge is 0.216 e. The largest absolute Gasteiger partial charge is 0.359 e. The third-order valence-electron chi connectivity index (χ3n) is 2.79. The van der Waals surface area contributed by atoms with E-state index in [2.05, 4.69) is 31.0 Å². The fraction of sp³-hybridized carbons (Fsp3) is 0. The Morgan fingerprint density at radius 3 is 3.05 bits per heavy atom. The minimum Gasteiger partial charge on any atom is -0.359 e. The van der Waals surface area contributed by atoms with Crippen LogP contribution in [0.3, 0.4) is 0 Å². The highest BCUT2D eigenvalue weighted by molar-refractivity contribution is 6.31. The van der Waals surface area contributed by atoms with Crippen molar-refractivity contribution >= 4 is 22.9 Å². The predicted octanol–water partition coefficient (Wildman–Crippen LogP) is 2.02. The summed E-state index contributed by atoms with van der Waals surface area (Å²) in [5.74, 6) is 0.206. The van der Waals surface area contributed by atoms with Crippen molar-refractivity contribution < 1.29 is 0 Å². The number of halogens is 1. The number of aromatic nitrogens is 6. The maximum atomic E-state index is 9.16. The summed E-state index contributed by atoms with van der Waals surface area (Å²) >= 11 is 6.03. The summed E-state index contributed by atoms with van der Waals surface area (Å²) in [6.45, 7) is 0. The third-order valence-corrected chi connectivity index (χ3v) is 3.02. The lowest BCUT2D eigenvalue weighted by Crippen LogP contribution is -2.01. The van der Waals surface area contributed by atoms with Gasteiger partial charge in [0.15, 0.2) is 0 Å². The van der Waals surface area contributed by atoms with Crippen molar-refractivity contribution in [1.82, 2.24) is 30.4 Å². The fourth-order valence-electron chi connectivity index (χ4n) is 1.81. The van der Waals surface area contributed by atoms with Gasteiger partial charge in [0.25, 0.3) is 0 Å². The van der Waals surface area contributed by atoms with Gasteiger partial charge in [0, 0.05) is 23.6 Å². The minimum absolute atomic E-state index is 0.206. The molecule has 0 radical (unpaired) electrons. The number of aromatic amines is 1. The molecule has 0 saturated heterocycles. The van der Waals surface area contributed by atoms with Crippen LogP contribution in [-0.4, -0.2) is 30.4 Å². The zero-order chi connectivity index (χ0) is 15.4. The van der Waals surface area contributed by atoms with Crippen LogP contribution in [0.4, 0.5) is 5.69 Å². The number of hydrogen-bond acceptors (Lipinski definition) is 6. The van der Waals surface area contributed by atoms with E-state index in [0.29, 0.717) is 10.7 Å². The molecule has 108 valence electrons. The molecule has 2 N–H and O–H groups in total. The van der Waals surface area contributed by atoms with E-state index in [9.17, 15) is 0 Å². The van der Waals surface area contributed by atoms with Crippen molar-refractivity contribution in [2.75, 3.05) is 5.32 Å². The third kappa shape index (κ3) is 2.79. The van der Waals surface area contributed by atoms with Crippen LogP contribution in [0.2, 0.25) is 5.02 Å². The van der Waals surface area contributed by atoms with Gasteiger partial charge < -0.3 is 5.32 Å². The van der Waals surface area contributed by atoms with E-state index in [0.717, 1.165) is 5.69 Å². The Kier molecular flexibility index (Phi) is 3.80. The van der Waals surface area contributed by atoms with Crippen molar-refractivity contribution in [3.8, 4) is 11.8 Å². The molecular formula is C13H9ClN8. The first kappa shape index (κ1) is 13.8. The Morgan fingerprint density at radius 2 is 2.36 bits per heavy atom. The molecule has 0 fully saturated rings. The van der Waals surface area contributed by atoms with Gasteiger partial charge in [0.1, 0.15) is 11.6 Å². The van der Waals surface area contributed by atoms with Gasteiger partial charge in [-0.3, -0.25) is 0 Å². The molecule has 0 atom stereocenters. The summed E-state index contributed by atoms with van der Waals surface area (Å²) in [4.78, 5) is 0. The molecule has 22 heavy (non-hydrogen) atoms. The van der Waals surface area contributed by atoms with E-state index in [1.807, 2.05) is 24.4 Å². The first-order valence-electron chi connectivity index (χ1n) is 6.18. The van der Waals surface area contributed by atoms with Crippen molar-refractivity contribution in [3.05, 3.63) is 53.7 Å². The molecule has 9 heteroatoms. The monoisotopic (exact) mass is 312 g/mol. The van der Waals surface area contributed by atoms with E-state index in [-0.39, 0.29) is 11.4 Å². The maximum absolute atomic E-state index is 9.16. The number of benzene rings is 1. The number of nitriles is 1. The zero-order valence-corrected chi connectivity index (χ0v) is 11.9. The molecule has 3 rings (SSSR count). The van der Waals surface area contributed by atoms with Gasteiger partial charge in [-0.2, -0.15) is 15.6 Å². The molecule has 0 spiro atoms. The summed E-state index contributed by atoms with van der Waals surface area (Å²) in [7, 11) is 0. The Morgan fingerprint density at radius 1 is 1.45 bits per heavy atom. The number of anilines is 1. The van der Waals surface area contributed by atoms with E-state index < -0.39 is 0 Å². The Balaban J connectivity index is 1.95. The Bertz CT molecular complexity index is 830. The summed E-state index contributed by atoms with van der Waals surface area (Å²) in [6.07, 6.45) is 4.97.